The zero-order valence-electron chi connectivity index (χ0n) is 16.9. The Morgan fingerprint density at radius 3 is 2.52 bits per heavy atom. The van der Waals surface area contributed by atoms with Crippen molar-refractivity contribution in [1.29, 1.82) is 0 Å². The minimum atomic E-state index is -0.528. The van der Waals surface area contributed by atoms with E-state index in [2.05, 4.69) is 0 Å². The van der Waals surface area contributed by atoms with Gasteiger partial charge in [0.05, 0.1) is 5.92 Å². The van der Waals surface area contributed by atoms with E-state index in [9.17, 15) is 9.59 Å². The van der Waals surface area contributed by atoms with Crippen molar-refractivity contribution in [3.8, 4) is 0 Å². The Morgan fingerprint density at radius 1 is 1.26 bits per heavy atom. The zero-order chi connectivity index (χ0) is 20.0. The van der Waals surface area contributed by atoms with Crippen molar-refractivity contribution < 1.29 is 19.1 Å². The van der Waals surface area contributed by atoms with Crippen LogP contribution < -0.4 is 0 Å². The van der Waals surface area contributed by atoms with E-state index in [1.807, 2.05) is 64.3 Å². The Labute approximate surface area is 166 Å². The SMILES string of the molecule is CS[C@H]([C@H](C)C(=O)OCc1ccccc1)[C@@H]1CCCN1C(=O)OC(C)(C)C. The summed E-state index contributed by atoms with van der Waals surface area (Å²) in [5.41, 5.74) is 0.439. The quantitative estimate of drug-likeness (QED) is 0.666. The van der Waals surface area contributed by atoms with Crippen LogP contribution in [0.2, 0.25) is 0 Å². The predicted molar refractivity (Wildman–Crippen MR) is 109 cm³/mol. The van der Waals surface area contributed by atoms with Gasteiger partial charge in [0, 0.05) is 17.8 Å². The number of hydrogen-bond acceptors (Lipinski definition) is 5. The van der Waals surface area contributed by atoms with Crippen molar-refractivity contribution in [2.24, 2.45) is 5.92 Å². The van der Waals surface area contributed by atoms with E-state index in [-0.39, 0.29) is 35.9 Å². The summed E-state index contributed by atoms with van der Waals surface area (Å²) < 4.78 is 11.1. The van der Waals surface area contributed by atoms with Crippen LogP contribution in [-0.2, 0) is 20.9 Å². The molecule has 0 radical (unpaired) electrons. The standard InChI is InChI=1S/C21H31NO4S/c1-15(19(23)25-14-16-10-7-6-8-11-16)18(27-5)17-12-9-13-22(17)20(24)26-21(2,3)4/h6-8,10-11,15,17-18H,9,12-14H2,1-5H3/t15-,17-,18+/m0/s1. The molecule has 0 aliphatic carbocycles. The highest BCUT2D eigenvalue weighted by Crippen LogP contribution is 2.33. The van der Waals surface area contributed by atoms with E-state index in [4.69, 9.17) is 9.47 Å². The van der Waals surface area contributed by atoms with E-state index >= 15 is 0 Å². The van der Waals surface area contributed by atoms with Crippen LogP contribution >= 0.6 is 11.8 Å². The molecule has 3 atom stereocenters. The molecule has 0 aromatic heterocycles. The number of carbonyl (C=O) groups excluding carboxylic acids is 2. The molecule has 2 rings (SSSR count). The molecule has 1 saturated heterocycles. The molecular formula is C21H31NO4S. The van der Waals surface area contributed by atoms with Crippen molar-refractivity contribution in [3.63, 3.8) is 0 Å². The van der Waals surface area contributed by atoms with Gasteiger partial charge in [0.15, 0.2) is 0 Å². The molecule has 0 bridgehead atoms. The normalized spacial score (nSPS) is 19.4. The second-order valence-corrected chi connectivity index (χ2v) is 8.98. The van der Waals surface area contributed by atoms with Gasteiger partial charge in [0.1, 0.15) is 12.2 Å². The third kappa shape index (κ3) is 6.16. The molecule has 1 heterocycles. The lowest BCUT2D eigenvalue weighted by Crippen LogP contribution is -2.47. The van der Waals surface area contributed by atoms with Crippen molar-refractivity contribution in [2.75, 3.05) is 12.8 Å². The van der Waals surface area contributed by atoms with Crippen molar-refractivity contribution >= 4 is 23.8 Å². The van der Waals surface area contributed by atoms with Crippen LogP contribution in [-0.4, -0.2) is 46.7 Å². The number of hydrogen-bond donors (Lipinski definition) is 0. The Kier molecular flexibility index (Phi) is 7.59. The number of rotatable bonds is 6. The molecule has 6 heteroatoms. The minimum absolute atomic E-state index is 0.0193. The zero-order valence-corrected chi connectivity index (χ0v) is 17.8. The number of likely N-dealkylation sites (tertiary alicyclic amines) is 1. The topological polar surface area (TPSA) is 55.8 Å². The molecular weight excluding hydrogens is 362 g/mol. The fourth-order valence-corrected chi connectivity index (χ4v) is 4.49. The van der Waals surface area contributed by atoms with Crippen LogP contribution in [0.1, 0.15) is 46.1 Å². The van der Waals surface area contributed by atoms with Gasteiger partial charge in [-0.3, -0.25) is 4.79 Å². The summed E-state index contributed by atoms with van der Waals surface area (Å²) in [6.07, 6.45) is 3.49. The highest BCUT2D eigenvalue weighted by molar-refractivity contribution is 7.99. The van der Waals surface area contributed by atoms with Crippen molar-refractivity contribution in [2.45, 2.75) is 64.0 Å². The second kappa shape index (κ2) is 9.49. The molecule has 1 aromatic rings. The van der Waals surface area contributed by atoms with Gasteiger partial charge in [-0.2, -0.15) is 11.8 Å². The molecule has 1 aromatic carbocycles. The number of carbonyl (C=O) groups is 2. The number of benzene rings is 1. The lowest BCUT2D eigenvalue weighted by molar-refractivity contribution is -0.149. The third-order valence-corrected chi connectivity index (χ3v) is 5.93. The minimum Gasteiger partial charge on any atom is -0.461 e. The third-order valence-electron chi connectivity index (χ3n) is 4.67. The van der Waals surface area contributed by atoms with E-state index in [1.54, 1.807) is 16.7 Å². The van der Waals surface area contributed by atoms with Crippen LogP contribution in [0.5, 0.6) is 0 Å². The number of nitrogens with zero attached hydrogens (tertiary/aromatic N) is 1. The highest BCUT2D eigenvalue weighted by atomic mass is 32.2. The van der Waals surface area contributed by atoms with E-state index in [0.29, 0.717) is 6.54 Å². The summed E-state index contributed by atoms with van der Waals surface area (Å²) in [7, 11) is 0. The number of amides is 1. The molecule has 0 unspecified atom stereocenters. The number of thioether (sulfide) groups is 1. The summed E-state index contributed by atoms with van der Waals surface area (Å²) in [4.78, 5) is 27.0. The first-order valence-corrected chi connectivity index (χ1v) is 10.7. The summed E-state index contributed by atoms with van der Waals surface area (Å²) in [5.74, 6) is -0.536. The average molecular weight is 394 g/mol. The predicted octanol–water partition coefficient (Wildman–Crippen LogP) is 4.50. The van der Waals surface area contributed by atoms with Crippen LogP contribution in [0.4, 0.5) is 4.79 Å². The summed E-state index contributed by atoms with van der Waals surface area (Å²) in [6.45, 7) is 8.43. The fraction of sp³-hybridized carbons (Fsp3) is 0.619. The van der Waals surface area contributed by atoms with Gasteiger partial charge in [-0.1, -0.05) is 37.3 Å². The Balaban J connectivity index is 2.00. The molecule has 5 nitrogen and oxygen atoms in total. The van der Waals surface area contributed by atoms with Crippen molar-refractivity contribution in [3.05, 3.63) is 35.9 Å². The van der Waals surface area contributed by atoms with Crippen LogP contribution in [0.15, 0.2) is 30.3 Å². The number of esters is 1. The molecule has 0 saturated carbocycles. The molecule has 0 spiro atoms. The first kappa shape index (κ1) is 21.6. The average Bonchev–Trinajstić information content (AvgIpc) is 3.09. The first-order chi connectivity index (χ1) is 12.7. The lowest BCUT2D eigenvalue weighted by Gasteiger charge is -2.34. The fourth-order valence-electron chi connectivity index (χ4n) is 3.37. The molecule has 1 aliphatic rings. The molecule has 27 heavy (non-hydrogen) atoms. The van der Waals surface area contributed by atoms with Crippen LogP contribution in [0.3, 0.4) is 0 Å². The summed E-state index contributed by atoms with van der Waals surface area (Å²) in [5, 5.41) is -0.0247. The summed E-state index contributed by atoms with van der Waals surface area (Å²) >= 11 is 1.61. The van der Waals surface area contributed by atoms with E-state index < -0.39 is 5.60 Å². The van der Waals surface area contributed by atoms with E-state index in [1.165, 1.54) is 0 Å². The molecule has 1 aliphatic heterocycles. The smallest absolute Gasteiger partial charge is 0.410 e. The van der Waals surface area contributed by atoms with Gasteiger partial charge in [0.2, 0.25) is 0 Å². The monoisotopic (exact) mass is 393 g/mol. The van der Waals surface area contributed by atoms with Crippen LogP contribution in [0, 0.1) is 5.92 Å². The second-order valence-electron chi connectivity index (χ2n) is 7.97. The summed E-state index contributed by atoms with van der Waals surface area (Å²) in [6, 6.07) is 9.64. The maximum absolute atomic E-state index is 12.6. The Morgan fingerprint density at radius 2 is 1.93 bits per heavy atom. The maximum Gasteiger partial charge on any atom is 0.410 e. The van der Waals surface area contributed by atoms with Crippen LogP contribution in [0.25, 0.3) is 0 Å². The van der Waals surface area contributed by atoms with Gasteiger partial charge in [0.25, 0.3) is 0 Å². The van der Waals surface area contributed by atoms with Crippen molar-refractivity contribution in [1.82, 2.24) is 4.90 Å². The largest absolute Gasteiger partial charge is 0.461 e. The maximum atomic E-state index is 12.6. The van der Waals surface area contributed by atoms with E-state index in [0.717, 1.165) is 18.4 Å². The first-order valence-electron chi connectivity index (χ1n) is 9.46. The Hall–Kier alpha value is -1.69. The Bertz CT molecular complexity index is 629. The van der Waals surface area contributed by atoms with Gasteiger partial charge in [-0.05, 0) is 45.4 Å². The van der Waals surface area contributed by atoms with Gasteiger partial charge in [-0.15, -0.1) is 0 Å². The molecule has 1 fully saturated rings. The van der Waals surface area contributed by atoms with Gasteiger partial charge in [-0.25, -0.2) is 4.79 Å². The van der Waals surface area contributed by atoms with Gasteiger partial charge < -0.3 is 14.4 Å². The molecule has 1 amide bonds. The molecule has 150 valence electrons. The van der Waals surface area contributed by atoms with Gasteiger partial charge >= 0.3 is 12.1 Å². The number of ether oxygens (including phenoxy) is 2. The lowest BCUT2D eigenvalue weighted by atomic mass is 9.99. The molecule has 0 N–H and O–H groups in total. The highest BCUT2D eigenvalue weighted by Gasteiger charge is 2.41.